The number of benzene rings is 1. The molecule has 0 spiro atoms. The Kier molecular flexibility index (Phi) is 6.09. The number of amides is 1. The molecule has 4 aliphatic carbocycles. The van der Waals surface area contributed by atoms with Crippen LogP contribution in [0.5, 0.6) is 5.75 Å². The summed E-state index contributed by atoms with van der Waals surface area (Å²) in [6, 6.07) is 5.06. The minimum atomic E-state index is -0.517. The van der Waals surface area contributed by atoms with Gasteiger partial charge in [-0.1, -0.05) is 0 Å². The van der Waals surface area contributed by atoms with Crippen molar-refractivity contribution in [3.8, 4) is 5.75 Å². The van der Waals surface area contributed by atoms with Crippen molar-refractivity contribution in [2.45, 2.75) is 64.8 Å². The van der Waals surface area contributed by atoms with Crippen molar-refractivity contribution < 1.29 is 23.9 Å². The van der Waals surface area contributed by atoms with Gasteiger partial charge in [0.2, 0.25) is 0 Å². The summed E-state index contributed by atoms with van der Waals surface area (Å²) in [7, 11) is 1.51. The van der Waals surface area contributed by atoms with Crippen LogP contribution in [0.15, 0.2) is 18.2 Å². The summed E-state index contributed by atoms with van der Waals surface area (Å²) in [5.41, 5.74) is 1.29. The smallest absolute Gasteiger partial charge is 0.310 e. The van der Waals surface area contributed by atoms with Gasteiger partial charge in [0.15, 0.2) is 12.4 Å². The van der Waals surface area contributed by atoms with E-state index in [0.717, 1.165) is 17.8 Å². The van der Waals surface area contributed by atoms with Crippen LogP contribution < -0.4 is 10.1 Å². The molecule has 1 atom stereocenters. The van der Waals surface area contributed by atoms with Crippen LogP contribution in [0.1, 0.15) is 68.3 Å². The average Bonchev–Trinajstić information content (AvgIpc) is 2.71. The van der Waals surface area contributed by atoms with Crippen molar-refractivity contribution in [2.75, 3.05) is 13.7 Å². The fourth-order valence-corrected chi connectivity index (χ4v) is 6.63. The molecule has 4 saturated carbocycles. The molecule has 6 heteroatoms. The van der Waals surface area contributed by atoms with Crippen molar-refractivity contribution in [1.82, 2.24) is 5.32 Å². The van der Waals surface area contributed by atoms with E-state index >= 15 is 0 Å². The fourth-order valence-electron chi connectivity index (χ4n) is 6.63. The van der Waals surface area contributed by atoms with Gasteiger partial charge in [0.05, 0.1) is 13.5 Å². The molecule has 0 aliphatic heterocycles. The molecule has 1 aromatic rings. The van der Waals surface area contributed by atoms with Gasteiger partial charge in [0.1, 0.15) is 5.75 Å². The van der Waals surface area contributed by atoms with Crippen molar-refractivity contribution in [2.24, 2.45) is 23.2 Å². The van der Waals surface area contributed by atoms with Crippen LogP contribution in [0.3, 0.4) is 0 Å². The maximum atomic E-state index is 12.5. The van der Waals surface area contributed by atoms with Gasteiger partial charge in [0, 0.05) is 17.2 Å². The number of methoxy groups -OCH3 is 1. The van der Waals surface area contributed by atoms with Crippen LogP contribution in [0, 0.1) is 23.2 Å². The molecule has 4 fully saturated rings. The topological polar surface area (TPSA) is 81.7 Å². The third kappa shape index (κ3) is 4.63. The number of ketones is 1. The Bertz CT molecular complexity index is 841. The van der Waals surface area contributed by atoms with Crippen LogP contribution in [0.2, 0.25) is 0 Å². The van der Waals surface area contributed by atoms with E-state index < -0.39 is 5.97 Å². The number of hydrogen-bond donors (Lipinski definition) is 1. The van der Waals surface area contributed by atoms with Crippen LogP contribution in [-0.4, -0.2) is 37.4 Å². The van der Waals surface area contributed by atoms with E-state index in [4.69, 9.17) is 9.47 Å². The first-order valence-corrected chi connectivity index (χ1v) is 11.4. The van der Waals surface area contributed by atoms with Gasteiger partial charge in [-0.05, 0) is 93.7 Å². The Balaban J connectivity index is 1.30. The molecule has 31 heavy (non-hydrogen) atoms. The molecule has 0 saturated heterocycles. The number of esters is 1. The maximum absolute atomic E-state index is 12.5. The highest BCUT2D eigenvalue weighted by molar-refractivity contribution is 5.94. The Morgan fingerprint density at radius 3 is 2.26 bits per heavy atom. The van der Waals surface area contributed by atoms with Gasteiger partial charge in [-0.3, -0.25) is 14.4 Å². The van der Waals surface area contributed by atoms with E-state index in [1.54, 1.807) is 18.2 Å². The van der Waals surface area contributed by atoms with Gasteiger partial charge in [0.25, 0.3) is 5.91 Å². The lowest BCUT2D eigenvalue weighted by Crippen LogP contribution is -2.56. The zero-order valence-electron chi connectivity index (χ0n) is 18.7. The van der Waals surface area contributed by atoms with Crippen molar-refractivity contribution in [3.63, 3.8) is 0 Å². The van der Waals surface area contributed by atoms with Crippen molar-refractivity contribution in [3.05, 3.63) is 29.3 Å². The predicted octanol–water partition coefficient (Wildman–Crippen LogP) is 3.70. The normalized spacial score (nSPS) is 29.3. The van der Waals surface area contributed by atoms with E-state index in [1.165, 1.54) is 52.6 Å². The van der Waals surface area contributed by atoms with Gasteiger partial charge in [-0.25, -0.2) is 0 Å². The molecule has 0 heterocycles. The Labute approximate surface area is 184 Å². The Morgan fingerprint density at radius 2 is 1.71 bits per heavy atom. The summed E-state index contributed by atoms with van der Waals surface area (Å²) in [5.74, 6) is 2.13. The van der Waals surface area contributed by atoms with Crippen LogP contribution in [0.4, 0.5) is 0 Å². The highest BCUT2D eigenvalue weighted by Gasteiger charge is 2.53. The molecule has 5 rings (SSSR count). The van der Waals surface area contributed by atoms with E-state index in [1.807, 2.05) is 0 Å². The SMILES string of the molecule is COc1ccc(C(C)=O)cc1CC(=O)OCC(=O)N[C@@H](C)C12CC3CC(CC(C3)C1)C2. The quantitative estimate of drug-likeness (QED) is 0.505. The average molecular weight is 428 g/mol. The molecule has 1 aromatic carbocycles. The Hall–Kier alpha value is -2.37. The van der Waals surface area contributed by atoms with Crippen molar-refractivity contribution >= 4 is 17.7 Å². The molecule has 168 valence electrons. The molecular weight excluding hydrogens is 394 g/mol. The largest absolute Gasteiger partial charge is 0.496 e. The lowest BCUT2D eigenvalue weighted by atomic mass is 9.48. The lowest BCUT2D eigenvalue weighted by Gasteiger charge is -2.59. The van der Waals surface area contributed by atoms with Crippen LogP contribution >= 0.6 is 0 Å². The highest BCUT2D eigenvalue weighted by Crippen LogP contribution is 2.61. The molecule has 4 bridgehead atoms. The van der Waals surface area contributed by atoms with Gasteiger partial charge in [-0.2, -0.15) is 0 Å². The van der Waals surface area contributed by atoms with E-state index in [-0.39, 0.29) is 36.2 Å². The first kappa shape index (κ1) is 21.8. The molecule has 1 amide bonds. The molecule has 0 unspecified atom stereocenters. The number of rotatable bonds is 8. The molecule has 1 N–H and O–H groups in total. The zero-order chi connectivity index (χ0) is 22.2. The minimum Gasteiger partial charge on any atom is -0.496 e. The monoisotopic (exact) mass is 427 g/mol. The number of ether oxygens (including phenoxy) is 2. The molecule has 0 radical (unpaired) electrons. The zero-order valence-corrected chi connectivity index (χ0v) is 18.7. The van der Waals surface area contributed by atoms with E-state index in [0.29, 0.717) is 16.9 Å². The molecular formula is C25H33NO5. The lowest BCUT2D eigenvalue weighted by molar-refractivity contribution is -0.148. The molecule has 0 aromatic heterocycles. The second-order valence-electron chi connectivity index (χ2n) is 9.99. The van der Waals surface area contributed by atoms with Crippen LogP contribution in [-0.2, 0) is 20.7 Å². The Morgan fingerprint density at radius 1 is 1.10 bits per heavy atom. The first-order valence-electron chi connectivity index (χ1n) is 11.4. The van der Waals surface area contributed by atoms with Gasteiger partial charge >= 0.3 is 5.97 Å². The molecule has 6 nitrogen and oxygen atoms in total. The van der Waals surface area contributed by atoms with Crippen molar-refractivity contribution in [1.29, 1.82) is 0 Å². The van der Waals surface area contributed by atoms with Crippen LogP contribution in [0.25, 0.3) is 0 Å². The van der Waals surface area contributed by atoms with Gasteiger partial charge < -0.3 is 14.8 Å². The number of nitrogens with one attached hydrogen (secondary N) is 1. The first-order chi connectivity index (χ1) is 14.8. The van der Waals surface area contributed by atoms with E-state index in [2.05, 4.69) is 12.2 Å². The standard InChI is InChI=1S/C25H33NO5/c1-15(27)20-4-5-22(30-3)21(9-20)10-24(29)31-14-23(28)26-16(2)25-11-17-6-18(12-25)8-19(7-17)13-25/h4-5,9,16-19H,6-8,10-14H2,1-3H3,(H,26,28)/t16-,17?,18?,19?,25?/m0/s1. The fraction of sp³-hybridized carbons (Fsp3) is 0.640. The predicted molar refractivity (Wildman–Crippen MR) is 116 cm³/mol. The second-order valence-corrected chi connectivity index (χ2v) is 9.99. The number of carbonyl (C=O) groups is 3. The van der Waals surface area contributed by atoms with Gasteiger partial charge in [-0.15, -0.1) is 0 Å². The summed E-state index contributed by atoms with van der Waals surface area (Å²) in [5, 5.41) is 3.12. The minimum absolute atomic E-state index is 0.0535. The third-order valence-corrected chi connectivity index (χ3v) is 7.77. The number of Topliss-reactive ketones (excluding diaryl/α,β-unsaturated/α-hetero) is 1. The summed E-state index contributed by atoms with van der Waals surface area (Å²) >= 11 is 0. The summed E-state index contributed by atoms with van der Waals surface area (Å²) in [6.07, 6.45) is 7.69. The summed E-state index contributed by atoms with van der Waals surface area (Å²) in [6.45, 7) is 3.30. The highest BCUT2D eigenvalue weighted by atomic mass is 16.5. The summed E-state index contributed by atoms with van der Waals surface area (Å²) in [4.78, 5) is 36.5. The number of hydrogen-bond acceptors (Lipinski definition) is 5. The maximum Gasteiger partial charge on any atom is 0.310 e. The summed E-state index contributed by atoms with van der Waals surface area (Å²) < 4.78 is 10.5. The number of carbonyl (C=O) groups excluding carboxylic acids is 3. The third-order valence-electron chi connectivity index (χ3n) is 7.77. The molecule has 4 aliphatic rings. The second kappa shape index (κ2) is 8.64. The van der Waals surface area contributed by atoms with E-state index in [9.17, 15) is 14.4 Å².